The maximum absolute atomic E-state index is 11.9. The van der Waals surface area contributed by atoms with E-state index in [9.17, 15) is 4.79 Å². The molecule has 0 aromatic heterocycles. The maximum atomic E-state index is 11.9. The SMILES string of the molecule is CC(C)(O)C(C)(C)O.O=C(c1ccc(B(O)O)cc1)N1CCCC1. The van der Waals surface area contributed by atoms with Crippen LogP contribution < -0.4 is 5.46 Å². The van der Waals surface area contributed by atoms with E-state index in [1.54, 1.807) is 52.0 Å². The Bertz CT molecular complexity index is 513. The summed E-state index contributed by atoms with van der Waals surface area (Å²) in [6.07, 6.45) is 2.14. The Morgan fingerprint density at radius 3 is 1.71 bits per heavy atom. The Kier molecular flexibility index (Phi) is 6.98. The average molecular weight is 337 g/mol. The number of rotatable bonds is 3. The average Bonchev–Trinajstić information content (AvgIpc) is 2.99. The van der Waals surface area contributed by atoms with Crippen molar-refractivity contribution in [2.75, 3.05) is 13.1 Å². The van der Waals surface area contributed by atoms with Gasteiger partial charge in [-0.1, -0.05) is 12.1 Å². The van der Waals surface area contributed by atoms with Crippen molar-refractivity contribution in [1.82, 2.24) is 4.90 Å². The zero-order valence-corrected chi connectivity index (χ0v) is 14.9. The smallest absolute Gasteiger partial charge is 0.423 e. The summed E-state index contributed by atoms with van der Waals surface area (Å²) in [6.45, 7) is 7.95. The van der Waals surface area contributed by atoms with E-state index in [4.69, 9.17) is 20.3 Å². The largest absolute Gasteiger partial charge is 0.488 e. The summed E-state index contributed by atoms with van der Waals surface area (Å²) >= 11 is 0. The van der Waals surface area contributed by atoms with Crippen LogP contribution in [-0.2, 0) is 0 Å². The lowest BCUT2D eigenvalue weighted by molar-refractivity contribution is -0.107. The van der Waals surface area contributed by atoms with Crippen LogP contribution in [0.2, 0.25) is 0 Å². The van der Waals surface area contributed by atoms with Crippen LogP contribution in [0, 0.1) is 0 Å². The second kappa shape index (κ2) is 8.12. The van der Waals surface area contributed by atoms with Gasteiger partial charge in [0.25, 0.3) is 5.91 Å². The van der Waals surface area contributed by atoms with E-state index in [-0.39, 0.29) is 5.91 Å². The highest BCUT2D eigenvalue weighted by Crippen LogP contribution is 2.19. The number of benzene rings is 1. The van der Waals surface area contributed by atoms with Gasteiger partial charge in [0.15, 0.2) is 0 Å². The van der Waals surface area contributed by atoms with Gasteiger partial charge in [0, 0.05) is 18.7 Å². The fourth-order valence-corrected chi connectivity index (χ4v) is 1.90. The predicted molar refractivity (Wildman–Crippen MR) is 94.0 cm³/mol. The third-order valence-electron chi connectivity index (χ3n) is 4.35. The molecule has 0 bridgehead atoms. The van der Waals surface area contributed by atoms with Crippen LogP contribution >= 0.6 is 0 Å². The molecule has 7 heteroatoms. The van der Waals surface area contributed by atoms with Crippen LogP contribution in [0.1, 0.15) is 50.9 Å². The lowest BCUT2D eigenvalue weighted by Gasteiger charge is -2.31. The molecule has 1 aliphatic rings. The minimum atomic E-state index is -1.48. The monoisotopic (exact) mass is 337 g/mol. The van der Waals surface area contributed by atoms with Crippen molar-refractivity contribution in [3.63, 3.8) is 0 Å². The first kappa shape index (κ1) is 20.6. The van der Waals surface area contributed by atoms with Crippen molar-refractivity contribution in [2.45, 2.75) is 51.7 Å². The van der Waals surface area contributed by atoms with Gasteiger partial charge >= 0.3 is 7.12 Å². The molecule has 1 saturated heterocycles. The molecule has 0 unspecified atom stereocenters. The molecule has 1 aromatic carbocycles. The normalized spacial score (nSPS) is 14.9. The minimum absolute atomic E-state index is 0.0245. The fourth-order valence-electron chi connectivity index (χ4n) is 1.90. The van der Waals surface area contributed by atoms with Crippen molar-refractivity contribution >= 4 is 18.5 Å². The van der Waals surface area contributed by atoms with Crippen LogP contribution in [-0.4, -0.2) is 62.5 Å². The number of hydrogen-bond donors (Lipinski definition) is 4. The first-order valence-electron chi connectivity index (χ1n) is 8.13. The molecule has 0 spiro atoms. The highest BCUT2D eigenvalue weighted by atomic mass is 16.4. The summed E-state index contributed by atoms with van der Waals surface area (Å²) in [5, 5.41) is 36.1. The van der Waals surface area contributed by atoms with Crippen molar-refractivity contribution < 1.29 is 25.1 Å². The van der Waals surface area contributed by atoms with Crippen molar-refractivity contribution in [2.24, 2.45) is 0 Å². The van der Waals surface area contributed by atoms with Crippen LogP contribution in [0.4, 0.5) is 0 Å². The summed E-state index contributed by atoms with van der Waals surface area (Å²) < 4.78 is 0. The summed E-state index contributed by atoms with van der Waals surface area (Å²) in [6, 6.07) is 6.40. The van der Waals surface area contributed by atoms with Crippen LogP contribution in [0.5, 0.6) is 0 Å². The van der Waals surface area contributed by atoms with Crippen molar-refractivity contribution in [3.05, 3.63) is 29.8 Å². The van der Waals surface area contributed by atoms with E-state index in [1.165, 1.54) is 0 Å². The van der Waals surface area contributed by atoms with E-state index in [0.29, 0.717) is 11.0 Å². The quantitative estimate of drug-likeness (QED) is 0.588. The van der Waals surface area contributed by atoms with Gasteiger partial charge in [0.2, 0.25) is 0 Å². The zero-order valence-electron chi connectivity index (χ0n) is 14.9. The third-order valence-corrected chi connectivity index (χ3v) is 4.35. The van der Waals surface area contributed by atoms with Gasteiger partial charge in [-0.15, -0.1) is 0 Å². The van der Waals surface area contributed by atoms with E-state index in [1.807, 2.05) is 4.90 Å². The highest BCUT2D eigenvalue weighted by molar-refractivity contribution is 6.58. The van der Waals surface area contributed by atoms with Crippen LogP contribution in [0.25, 0.3) is 0 Å². The van der Waals surface area contributed by atoms with Gasteiger partial charge in [-0.05, 0) is 58.1 Å². The Morgan fingerprint density at radius 1 is 0.958 bits per heavy atom. The van der Waals surface area contributed by atoms with E-state index in [2.05, 4.69) is 0 Å². The molecular formula is C17H28BNO5. The van der Waals surface area contributed by atoms with Crippen molar-refractivity contribution in [3.8, 4) is 0 Å². The Balaban J connectivity index is 0.000000307. The molecule has 1 heterocycles. The van der Waals surface area contributed by atoms with Crippen molar-refractivity contribution in [1.29, 1.82) is 0 Å². The summed E-state index contributed by atoms with van der Waals surface area (Å²) in [4.78, 5) is 13.8. The second-order valence-electron chi connectivity index (χ2n) is 7.11. The number of likely N-dealkylation sites (tertiary alicyclic amines) is 1. The van der Waals surface area contributed by atoms with Gasteiger partial charge in [-0.3, -0.25) is 4.79 Å². The molecule has 2 rings (SSSR count). The third kappa shape index (κ3) is 5.90. The molecule has 1 fully saturated rings. The molecule has 1 aliphatic heterocycles. The van der Waals surface area contributed by atoms with E-state index in [0.717, 1.165) is 25.9 Å². The van der Waals surface area contributed by atoms with E-state index >= 15 is 0 Å². The van der Waals surface area contributed by atoms with Gasteiger partial charge in [-0.2, -0.15) is 0 Å². The second-order valence-corrected chi connectivity index (χ2v) is 7.11. The lowest BCUT2D eigenvalue weighted by Crippen LogP contribution is -2.44. The summed E-state index contributed by atoms with van der Waals surface area (Å²) in [5.74, 6) is 0.0245. The topological polar surface area (TPSA) is 101 Å². The van der Waals surface area contributed by atoms with Crippen LogP contribution in [0.15, 0.2) is 24.3 Å². The minimum Gasteiger partial charge on any atom is -0.423 e. The molecule has 134 valence electrons. The Labute approximate surface area is 143 Å². The van der Waals surface area contributed by atoms with Gasteiger partial charge in [-0.25, -0.2) is 0 Å². The molecule has 0 aliphatic carbocycles. The van der Waals surface area contributed by atoms with Gasteiger partial charge in [0.1, 0.15) is 0 Å². The van der Waals surface area contributed by atoms with Crippen LogP contribution in [0.3, 0.4) is 0 Å². The number of carbonyl (C=O) groups excluding carboxylic acids is 1. The summed E-state index contributed by atoms with van der Waals surface area (Å²) in [7, 11) is -1.48. The Morgan fingerprint density at radius 2 is 1.38 bits per heavy atom. The molecule has 0 atom stereocenters. The number of aliphatic hydroxyl groups is 2. The molecule has 24 heavy (non-hydrogen) atoms. The molecule has 0 radical (unpaired) electrons. The zero-order chi connectivity index (χ0) is 18.5. The standard InChI is InChI=1S/C11H14BNO3.C6H14O2/c14-11(13-7-1-2-8-13)9-3-5-10(6-4-9)12(15)16;1-5(2,7)6(3,4)8/h3-6,15-16H,1-2,7-8H2;7-8H,1-4H3. The molecular weight excluding hydrogens is 309 g/mol. The number of carbonyl (C=O) groups is 1. The van der Waals surface area contributed by atoms with Gasteiger partial charge < -0.3 is 25.2 Å². The first-order valence-corrected chi connectivity index (χ1v) is 8.13. The highest BCUT2D eigenvalue weighted by Gasteiger charge is 2.31. The molecule has 1 amide bonds. The fraction of sp³-hybridized carbons (Fsp3) is 0.588. The lowest BCUT2D eigenvalue weighted by atomic mass is 9.80. The first-order chi connectivity index (χ1) is 10.9. The molecule has 4 N–H and O–H groups in total. The molecule has 1 aromatic rings. The number of nitrogens with zero attached hydrogens (tertiary/aromatic N) is 1. The predicted octanol–water partition coefficient (Wildman–Crippen LogP) is 0.131. The van der Waals surface area contributed by atoms with E-state index < -0.39 is 18.3 Å². The van der Waals surface area contributed by atoms with Gasteiger partial charge in [0.05, 0.1) is 11.2 Å². The molecule has 6 nitrogen and oxygen atoms in total. The number of amides is 1. The summed E-state index contributed by atoms with van der Waals surface area (Å²) in [5.41, 5.74) is -1.01. The Hall–Kier alpha value is -1.41. The number of hydrogen-bond acceptors (Lipinski definition) is 5. The maximum Gasteiger partial charge on any atom is 0.488 e. The molecule has 0 saturated carbocycles.